The largest absolute Gasteiger partial charge is 0.494 e. The first-order chi connectivity index (χ1) is 14.7. The molecular formula is C20H19N9O. The van der Waals surface area contributed by atoms with Crippen LogP contribution in [0.15, 0.2) is 42.9 Å². The Morgan fingerprint density at radius 3 is 2.70 bits per heavy atom. The Morgan fingerprint density at radius 1 is 1.13 bits per heavy atom. The van der Waals surface area contributed by atoms with Crippen LogP contribution in [0.5, 0.6) is 5.75 Å². The first-order valence-electron chi connectivity index (χ1n) is 9.50. The van der Waals surface area contributed by atoms with E-state index < -0.39 is 0 Å². The number of hydrogen-bond donors (Lipinski definition) is 1. The van der Waals surface area contributed by atoms with Crippen molar-refractivity contribution < 1.29 is 4.74 Å². The van der Waals surface area contributed by atoms with Crippen molar-refractivity contribution in [2.45, 2.75) is 13.8 Å². The van der Waals surface area contributed by atoms with E-state index in [2.05, 4.69) is 35.6 Å². The van der Waals surface area contributed by atoms with Gasteiger partial charge in [-0.15, -0.1) is 5.10 Å². The van der Waals surface area contributed by atoms with Gasteiger partial charge in [0, 0.05) is 18.3 Å². The van der Waals surface area contributed by atoms with Crippen LogP contribution in [0.25, 0.3) is 39.5 Å². The number of rotatable bonds is 5. The highest BCUT2D eigenvalue weighted by Crippen LogP contribution is 2.28. The molecule has 4 heterocycles. The third-order valence-electron chi connectivity index (χ3n) is 4.97. The monoisotopic (exact) mass is 401 g/mol. The van der Waals surface area contributed by atoms with E-state index in [-0.39, 0.29) is 0 Å². The predicted molar refractivity (Wildman–Crippen MR) is 110 cm³/mol. The van der Waals surface area contributed by atoms with Gasteiger partial charge in [-0.1, -0.05) is 5.21 Å². The fourth-order valence-electron chi connectivity index (χ4n) is 3.30. The molecule has 0 amide bonds. The average Bonchev–Trinajstić information content (AvgIpc) is 3.48. The van der Waals surface area contributed by atoms with Gasteiger partial charge in [-0.25, -0.2) is 9.97 Å². The summed E-state index contributed by atoms with van der Waals surface area (Å²) in [6.45, 7) is 4.57. The molecule has 0 atom stereocenters. The molecule has 4 aromatic heterocycles. The van der Waals surface area contributed by atoms with Crippen LogP contribution < -0.4 is 4.74 Å². The van der Waals surface area contributed by atoms with Crippen LogP contribution >= 0.6 is 0 Å². The van der Waals surface area contributed by atoms with Crippen LogP contribution in [0.3, 0.4) is 0 Å². The zero-order valence-corrected chi connectivity index (χ0v) is 16.7. The average molecular weight is 401 g/mol. The van der Waals surface area contributed by atoms with Gasteiger partial charge in [-0.2, -0.15) is 14.9 Å². The molecule has 30 heavy (non-hydrogen) atoms. The van der Waals surface area contributed by atoms with Crippen LogP contribution in [-0.2, 0) is 7.05 Å². The minimum atomic E-state index is 0.587. The molecule has 0 unspecified atom stereocenters. The third-order valence-corrected chi connectivity index (χ3v) is 4.97. The van der Waals surface area contributed by atoms with Crippen LogP contribution in [0.2, 0.25) is 0 Å². The van der Waals surface area contributed by atoms with Crippen molar-refractivity contribution in [3.05, 3.63) is 48.5 Å². The van der Waals surface area contributed by atoms with Gasteiger partial charge in [0.1, 0.15) is 17.8 Å². The molecule has 0 aliphatic heterocycles. The fraction of sp³-hybridized carbons (Fsp3) is 0.200. The van der Waals surface area contributed by atoms with Gasteiger partial charge < -0.3 is 4.74 Å². The highest BCUT2D eigenvalue weighted by Gasteiger charge is 2.18. The second-order valence-electron chi connectivity index (χ2n) is 6.76. The van der Waals surface area contributed by atoms with Gasteiger partial charge in [0.15, 0.2) is 11.2 Å². The second-order valence-corrected chi connectivity index (χ2v) is 6.76. The van der Waals surface area contributed by atoms with Gasteiger partial charge in [0.25, 0.3) is 0 Å². The summed E-state index contributed by atoms with van der Waals surface area (Å²) in [6, 6.07) is 9.56. The molecule has 0 fully saturated rings. The smallest absolute Gasteiger partial charge is 0.187 e. The van der Waals surface area contributed by atoms with Crippen LogP contribution in [0, 0.1) is 6.92 Å². The standard InChI is InChI=1S/C20H19N9O/c1-4-30-14-7-5-13(6-8-14)29-20-19(26-27-29)18(21-11-22-20)17-9-16(24-25-17)15-10-23-28(3)12(15)2/h5-11H,4H2,1-3H3,(H,24,25). The lowest BCUT2D eigenvalue weighted by molar-refractivity contribution is 0.340. The van der Waals surface area contributed by atoms with Crippen LogP contribution in [0.4, 0.5) is 0 Å². The number of aryl methyl sites for hydroxylation is 1. The Morgan fingerprint density at radius 2 is 1.97 bits per heavy atom. The molecule has 5 aromatic rings. The number of hydrogen-bond acceptors (Lipinski definition) is 7. The normalized spacial score (nSPS) is 11.3. The lowest BCUT2D eigenvalue weighted by atomic mass is 10.1. The Labute approximate surface area is 171 Å². The zero-order valence-electron chi connectivity index (χ0n) is 16.7. The summed E-state index contributed by atoms with van der Waals surface area (Å²) >= 11 is 0. The van der Waals surface area contributed by atoms with E-state index >= 15 is 0 Å². The van der Waals surface area contributed by atoms with E-state index in [0.717, 1.165) is 34.1 Å². The quantitative estimate of drug-likeness (QED) is 0.482. The fourth-order valence-corrected chi connectivity index (χ4v) is 3.30. The summed E-state index contributed by atoms with van der Waals surface area (Å²) < 4.78 is 9.00. The lowest BCUT2D eigenvalue weighted by Gasteiger charge is -2.05. The summed E-state index contributed by atoms with van der Waals surface area (Å²) in [4.78, 5) is 8.81. The number of nitrogens with one attached hydrogen (secondary N) is 1. The Kier molecular flexibility index (Phi) is 4.24. The molecule has 5 rings (SSSR count). The molecule has 1 N–H and O–H groups in total. The van der Waals surface area contributed by atoms with E-state index in [1.807, 2.05) is 55.9 Å². The van der Waals surface area contributed by atoms with E-state index in [1.54, 1.807) is 10.9 Å². The second kappa shape index (κ2) is 7.07. The van der Waals surface area contributed by atoms with Crippen molar-refractivity contribution in [3.63, 3.8) is 0 Å². The number of ether oxygens (including phenoxy) is 1. The summed E-state index contributed by atoms with van der Waals surface area (Å²) in [5, 5.41) is 20.4. The number of H-pyrrole nitrogens is 1. The number of benzene rings is 1. The van der Waals surface area contributed by atoms with Crippen molar-refractivity contribution in [2.24, 2.45) is 7.05 Å². The molecular weight excluding hydrogens is 382 g/mol. The lowest BCUT2D eigenvalue weighted by Crippen LogP contribution is -1.99. The summed E-state index contributed by atoms with van der Waals surface area (Å²) in [5.74, 6) is 0.802. The Bertz CT molecular complexity index is 1330. The van der Waals surface area contributed by atoms with Gasteiger partial charge in [-0.05, 0) is 44.2 Å². The van der Waals surface area contributed by atoms with Crippen molar-refractivity contribution in [1.29, 1.82) is 0 Å². The summed E-state index contributed by atoms with van der Waals surface area (Å²) in [7, 11) is 1.90. The maximum Gasteiger partial charge on any atom is 0.187 e. The molecule has 0 bridgehead atoms. The first-order valence-corrected chi connectivity index (χ1v) is 9.50. The molecule has 0 spiro atoms. The molecule has 10 heteroatoms. The third kappa shape index (κ3) is 2.89. The minimum absolute atomic E-state index is 0.587. The molecule has 0 saturated carbocycles. The van der Waals surface area contributed by atoms with E-state index in [4.69, 9.17) is 4.74 Å². The Balaban J connectivity index is 1.55. The van der Waals surface area contributed by atoms with Crippen molar-refractivity contribution in [3.8, 4) is 34.1 Å². The number of aromatic nitrogens is 9. The van der Waals surface area contributed by atoms with Gasteiger partial charge in [0.2, 0.25) is 0 Å². The van der Waals surface area contributed by atoms with Gasteiger partial charge in [0.05, 0.1) is 29.9 Å². The highest BCUT2D eigenvalue weighted by molar-refractivity contribution is 5.87. The first kappa shape index (κ1) is 18.0. The zero-order chi connectivity index (χ0) is 20.7. The van der Waals surface area contributed by atoms with Crippen molar-refractivity contribution in [1.82, 2.24) is 44.9 Å². The van der Waals surface area contributed by atoms with Gasteiger partial charge in [-0.3, -0.25) is 9.78 Å². The van der Waals surface area contributed by atoms with E-state index in [9.17, 15) is 0 Å². The molecule has 0 saturated heterocycles. The number of fused-ring (bicyclic) bond motifs is 1. The maximum atomic E-state index is 5.50. The highest BCUT2D eigenvalue weighted by atomic mass is 16.5. The molecule has 0 aliphatic rings. The predicted octanol–water partition coefficient (Wildman–Crippen LogP) is 2.71. The molecule has 150 valence electrons. The van der Waals surface area contributed by atoms with E-state index in [0.29, 0.717) is 23.5 Å². The van der Waals surface area contributed by atoms with Crippen molar-refractivity contribution >= 4 is 11.2 Å². The van der Waals surface area contributed by atoms with Crippen LogP contribution in [0.1, 0.15) is 12.6 Å². The minimum Gasteiger partial charge on any atom is -0.494 e. The number of nitrogens with zero attached hydrogens (tertiary/aromatic N) is 8. The van der Waals surface area contributed by atoms with Gasteiger partial charge >= 0.3 is 0 Å². The summed E-state index contributed by atoms with van der Waals surface area (Å²) in [5.41, 5.74) is 6.19. The topological polar surface area (TPSA) is 112 Å². The summed E-state index contributed by atoms with van der Waals surface area (Å²) in [6.07, 6.45) is 3.30. The maximum absolute atomic E-state index is 5.50. The molecule has 10 nitrogen and oxygen atoms in total. The SMILES string of the molecule is CCOc1ccc(-n2nnc3c(-c4cc(-c5cnn(C)c5C)n[nH]4)ncnc32)cc1. The van der Waals surface area contributed by atoms with Crippen molar-refractivity contribution in [2.75, 3.05) is 6.61 Å². The molecule has 1 aromatic carbocycles. The molecule has 0 aliphatic carbocycles. The Hall–Kier alpha value is -4.08. The van der Waals surface area contributed by atoms with Crippen LogP contribution in [-0.4, -0.2) is 51.5 Å². The number of aromatic amines is 1. The van der Waals surface area contributed by atoms with E-state index in [1.165, 1.54) is 6.33 Å². The molecule has 0 radical (unpaired) electrons.